The fourth-order valence-corrected chi connectivity index (χ4v) is 3.01. The lowest BCUT2D eigenvalue weighted by atomic mass is 9.96. The van der Waals surface area contributed by atoms with E-state index in [9.17, 15) is 14.4 Å². The second-order valence-electron chi connectivity index (χ2n) is 6.16. The van der Waals surface area contributed by atoms with Crippen LogP contribution in [0.15, 0.2) is 18.2 Å². The number of carbonyl (C=O) groups excluding carboxylic acids is 3. The van der Waals surface area contributed by atoms with Gasteiger partial charge in [-0.15, -0.1) is 0 Å². The van der Waals surface area contributed by atoms with Crippen LogP contribution in [0, 0.1) is 13.8 Å². The van der Waals surface area contributed by atoms with Crippen molar-refractivity contribution < 1.29 is 14.4 Å². The van der Waals surface area contributed by atoms with Gasteiger partial charge in [-0.05, 0) is 38.3 Å². The summed E-state index contributed by atoms with van der Waals surface area (Å²) in [6, 6.07) is 5.45. The number of nitrogens with zero attached hydrogens (tertiary/aromatic N) is 1. The Kier molecular flexibility index (Phi) is 5.53. The molecule has 2 amide bonds. The van der Waals surface area contributed by atoms with E-state index in [1.165, 1.54) is 6.92 Å². The van der Waals surface area contributed by atoms with E-state index < -0.39 is 0 Å². The molecular formula is C18H24N2O3. The number of rotatable bonds is 5. The van der Waals surface area contributed by atoms with E-state index in [0.717, 1.165) is 17.5 Å². The topological polar surface area (TPSA) is 66.5 Å². The molecule has 1 heterocycles. The zero-order valence-electron chi connectivity index (χ0n) is 14.0. The number of nitrogens with one attached hydrogen (secondary N) is 1. The van der Waals surface area contributed by atoms with E-state index in [4.69, 9.17) is 0 Å². The number of ketones is 1. The maximum atomic E-state index is 12.9. The smallest absolute Gasteiger partial charge is 0.224 e. The molecule has 5 nitrogen and oxygen atoms in total. The molecule has 0 saturated carbocycles. The summed E-state index contributed by atoms with van der Waals surface area (Å²) >= 11 is 0. The van der Waals surface area contributed by atoms with Crippen molar-refractivity contribution in [1.29, 1.82) is 0 Å². The van der Waals surface area contributed by atoms with Crippen molar-refractivity contribution >= 4 is 17.6 Å². The summed E-state index contributed by atoms with van der Waals surface area (Å²) in [4.78, 5) is 37.8. The molecule has 0 aliphatic carbocycles. The molecule has 124 valence electrons. The highest BCUT2D eigenvalue weighted by Crippen LogP contribution is 2.24. The molecule has 0 bridgehead atoms. The zero-order chi connectivity index (χ0) is 17.0. The Morgan fingerprint density at radius 1 is 1.26 bits per heavy atom. The summed E-state index contributed by atoms with van der Waals surface area (Å²) in [5, 5.41) is 2.62. The fraction of sp³-hybridized carbons (Fsp3) is 0.500. The molecule has 0 aromatic heterocycles. The van der Waals surface area contributed by atoms with Crippen LogP contribution in [-0.4, -0.2) is 41.6 Å². The Hall–Kier alpha value is -2.17. The molecule has 1 atom stereocenters. The van der Waals surface area contributed by atoms with Gasteiger partial charge in [0.25, 0.3) is 0 Å². The molecule has 1 N–H and O–H groups in total. The highest BCUT2D eigenvalue weighted by atomic mass is 16.2. The van der Waals surface area contributed by atoms with Gasteiger partial charge in [-0.1, -0.05) is 17.7 Å². The minimum absolute atomic E-state index is 0.0246. The number of hydrogen-bond donors (Lipinski definition) is 1. The first-order chi connectivity index (χ1) is 10.9. The Balaban J connectivity index is 2.08. The molecular weight excluding hydrogens is 292 g/mol. The number of Topliss-reactive ketones (excluding diaryl/α,β-unsaturated/α-hetero) is 1. The monoisotopic (exact) mass is 316 g/mol. The Labute approximate surface area is 137 Å². The minimum Gasteiger partial charge on any atom is -0.356 e. The maximum Gasteiger partial charge on any atom is 0.224 e. The first-order valence-electron chi connectivity index (χ1n) is 8.05. The SMILES string of the molecule is CC(=O)NCCC(=O)N1CCCC1C(=O)c1cc(C)ccc1C. The quantitative estimate of drug-likeness (QED) is 0.845. The van der Waals surface area contributed by atoms with Gasteiger partial charge in [-0.25, -0.2) is 0 Å². The van der Waals surface area contributed by atoms with E-state index in [-0.39, 0.29) is 30.1 Å². The normalized spacial score (nSPS) is 17.2. The molecule has 1 saturated heterocycles. The predicted octanol–water partition coefficient (Wildman–Crippen LogP) is 2.00. The lowest BCUT2D eigenvalue weighted by Gasteiger charge is -2.24. The van der Waals surface area contributed by atoms with E-state index in [1.807, 2.05) is 32.0 Å². The minimum atomic E-state index is -0.375. The summed E-state index contributed by atoms with van der Waals surface area (Å²) < 4.78 is 0. The third-order valence-corrected chi connectivity index (χ3v) is 4.25. The average Bonchev–Trinajstić information content (AvgIpc) is 2.98. The summed E-state index contributed by atoms with van der Waals surface area (Å²) in [6.07, 6.45) is 1.78. The van der Waals surface area contributed by atoms with Gasteiger partial charge in [0.2, 0.25) is 11.8 Å². The number of carbonyl (C=O) groups is 3. The van der Waals surface area contributed by atoms with E-state index in [1.54, 1.807) is 4.90 Å². The van der Waals surface area contributed by atoms with Crippen molar-refractivity contribution in [3.8, 4) is 0 Å². The van der Waals surface area contributed by atoms with Gasteiger partial charge in [-0.3, -0.25) is 14.4 Å². The molecule has 1 aliphatic rings. The molecule has 0 spiro atoms. The van der Waals surface area contributed by atoms with Crippen molar-refractivity contribution in [1.82, 2.24) is 10.2 Å². The Morgan fingerprint density at radius 3 is 2.70 bits per heavy atom. The lowest BCUT2D eigenvalue weighted by Crippen LogP contribution is -2.42. The summed E-state index contributed by atoms with van der Waals surface area (Å²) in [5.74, 6) is -0.196. The Bertz CT molecular complexity index is 625. The lowest BCUT2D eigenvalue weighted by molar-refractivity contribution is -0.131. The van der Waals surface area contributed by atoms with Crippen molar-refractivity contribution in [3.05, 3.63) is 34.9 Å². The molecule has 1 aliphatic heterocycles. The van der Waals surface area contributed by atoms with Crippen molar-refractivity contribution in [2.75, 3.05) is 13.1 Å². The van der Waals surface area contributed by atoms with Crippen LogP contribution in [0.2, 0.25) is 0 Å². The summed E-state index contributed by atoms with van der Waals surface area (Å²) in [7, 11) is 0. The average molecular weight is 316 g/mol. The van der Waals surface area contributed by atoms with Crippen LogP contribution < -0.4 is 5.32 Å². The number of hydrogen-bond acceptors (Lipinski definition) is 3. The maximum absolute atomic E-state index is 12.9. The second kappa shape index (κ2) is 7.40. The number of benzene rings is 1. The summed E-state index contributed by atoms with van der Waals surface area (Å²) in [5.41, 5.74) is 2.69. The zero-order valence-corrected chi connectivity index (χ0v) is 14.0. The van der Waals surface area contributed by atoms with E-state index in [0.29, 0.717) is 25.1 Å². The van der Waals surface area contributed by atoms with Crippen LogP contribution in [0.1, 0.15) is 47.7 Å². The van der Waals surface area contributed by atoms with Crippen molar-refractivity contribution in [2.24, 2.45) is 0 Å². The van der Waals surface area contributed by atoms with Crippen LogP contribution in [0.4, 0.5) is 0 Å². The van der Waals surface area contributed by atoms with Crippen molar-refractivity contribution in [2.45, 2.75) is 46.1 Å². The van der Waals surface area contributed by atoms with E-state index >= 15 is 0 Å². The molecule has 1 aromatic rings. The first kappa shape index (κ1) is 17.2. The molecule has 2 rings (SSSR count). The van der Waals surface area contributed by atoms with Gasteiger partial charge in [0.15, 0.2) is 5.78 Å². The van der Waals surface area contributed by atoms with Crippen molar-refractivity contribution in [3.63, 3.8) is 0 Å². The molecule has 1 unspecified atom stereocenters. The molecule has 1 aromatic carbocycles. The number of aryl methyl sites for hydroxylation is 2. The van der Waals surface area contributed by atoms with Gasteiger partial charge in [0.05, 0.1) is 6.04 Å². The van der Waals surface area contributed by atoms with Crippen LogP contribution >= 0.6 is 0 Å². The predicted molar refractivity (Wildman–Crippen MR) is 88.3 cm³/mol. The molecule has 0 radical (unpaired) electrons. The van der Waals surface area contributed by atoms with Gasteiger partial charge in [-0.2, -0.15) is 0 Å². The number of amides is 2. The Morgan fingerprint density at radius 2 is 2.00 bits per heavy atom. The third kappa shape index (κ3) is 4.18. The summed E-state index contributed by atoms with van der Waals surface area (Å²) in [6.45, 7) is 6.23. The van der Waals surface area contributed by atoms with Gasteiger partial charge < -0.3 is 10.2 Å². The second-order valence-corrected chi connectivity index (χ2v) is 6.16. The fourth-order valence-electron chi connectivity index (χ4n) is 3.01. The highest BCUT2D eigenvalue weighted by molar-refractivity contribution is 6.03. The third-order valence-electron chi connectivity index (χ3n) is 4.25. The van der Waals surface area contributed by atoms with Gasteiger partial charge in [0.1, 0.15) is 0 Å². The largest absolute Gasteiger partial charge is 0.356 e. The highest BCUT2D eigenvalue weighted by Gasteiger charge is 2.34. The van der Waals surface area contributed by atoms with Crippen LogP contribution in [0.3, 0.4) is 0 Å². The first-order valence-corrected chi connectivity index (χ1v) is 8.05. The van der Waals surface area contributed by atoms with Crippen LogP contribution in [0.5, 0.6) is 0 Å². The van der Waals surface area contributed by atoms with E-state index in [2.05, 4.69) is 5.32 Å². The molecule has 23 heavy (non-hydrogen) atoms. The molecule has 5 heteroatoms. The van der Waals surface area contributed by atoms with Gasteiger partial charge in [0, 0.05) is 32.0 Å². The number of likely N-dealkylation sites (tertiary alicyclic amines) is 1. The van der Waals surface area contributed by atoms with Crippen LogP contribution in [-0.2, 0) is 9.59 Å². The molecule has 1 fully saturated rings. The standard InChI is InChI=1S/C18H24N2O3/c1-12-6-7-13(2)15(11-12)18(23)16-5-4-10-20(16)17(22)8-9-19-14(3)21/h6-7,11,16H,4-5,8-10H2,1-3H3,(H,19,21). The van der Waals surface area contributed by atoms with Crippen LogP contribution in [0.25, 0.3) is 0 Å². The van der Waals surface area contributed by atoms with Gasteiger partial charge >= 0.3 is 0 Å².